The molecule has 2 aliphatic heterocycles. The molecule has 0 aromatic heterocycles. The van der Waals surface area contributed by atoms with Gasteiger partial charge in [0.15, 0.2) is 12.6 Å². The smallest absolute Gasteiger partial charge is 0.220 e. The van der Waals surface area contributed by atoms with E-state index in [1.165, 1.54) is 218 Å². The Morgan fingerprint density at radius 3 is 1.20 bits per heavy atom. The summed E-state index contributed by atoms with van der Waals surface area (Å²) in [7, 11) is 0. The average Bonchev–Trinajstić information content (AvgIpc) is 3.67. The fourth-order valence-electron chi connectivity index (χ4n) is 11.3. The zero-order valence-corrected chi connectivity index (χ0v) is 52.2. The van der Waals surface area contributed by atoms with Gasteiger partial charge in [-0.25, -0.2) is 0 Å². The minimum atomic E-state index is -1.79. The van der Waals surface area contributed by atoms with Crippen LogP contribution < -0.4 is 5.32 Å². The summed E-state index contributed by atoms with van der Waals surface area (Å²) in [4.78, 5) is 13.3. The molecule has 0 aromatic rings. The number of aliphatic hydroxyl groups is 8. The molecule has 0 bridgehead atoms. The Labute approximate surface area is 500 Å². The molecule has 2 saturated heterocycles. The second-order valence-electron chi connectivity index (χ2n) is 24.3. The maximum Gasteiger partial charge on any atom is 0.220 e. The predicted molar refractivity (Wildman–Crippen MR) is 332 cm³/mol. The Bertz CT molecular complexity index is 1510. The second kappa shape index (κ2) is 53.4. The van der Waals surface area contributed by atoms with E-state index in [9.17, 15) is 45.6 Å². The first-order chi connectivity index (χ1) is 40.1. The number of amides is 1. The summed E-state index contributed by atoms with van der Waals surface area (Å²) in [5.74, 6) is -0.248. The van der Waals surface area contributed by atoms with E-state index in [0.717, 1.165) is 44.9 Å². The molecule has 2 aliphatic rings. The number of unbranched alkanes of at least 4 members (excludes halogenated alkanes) is 39. The highest BCUT2D eigenvalue weighted by Crippen LogP contribution is 2.30. The minimum absolute atomic E-state index is 0.248. The van der Waals surface area contributed by atoms with Crippen molar-refractivity contribution in [1.29, 1.82) is 0 Å². The Morgan fingerprint density at radius 1 is 0.427 bits per heavy atom. The number of nitrogens with one attached hydrogen (secondary N) is 1. The molecule has 14 heteroatoms. The Balaban J connectivity index is 1.72. The molecule has 82 heavy (non-hydrogen) atoms. The summed E-state index contributed by atoms with van der Waals surface area (Å²) in [6.45, 7) is 2.82. The van der Waals surface area contributed by atoms with Gasteiger partial charge in [-0.2, -0.15) is 0 Å². The quantitative estimate of drug-likeness (QED) is 0.0204. The van der Waals surface area contributed by atoms with E-state index in [1.54, 1.807) is 6.08 Å². The van der Waals surface area contributed by atoms with Gasteiger partial charge in [0.2, 0.25) is 5.91 Å². The fourth-order valence-corrected chi connectivity index (χ4v) is 11.3. The first kappa shape index (κ1) is 76.3. The maximum absolute atomic E-state index is 13.3. The Hall–Kier alpha value is -1.79. The van der Waals surface area contributed by atoms with Gasteiger partial charge in [0.05, 0.1) is 32.0 Å². The van der Waals surface area contributed by atoms with Crippen molar-refractivity contribution < 1.29 is 64.6 Å². The van der Waals surface area contributed by atoms with Gasteiger partial charge in [-0.1, -0.05) is 281 Å². The first-order valence-electron chi connectivity index (χ1n) is 34.2. The lowest BCUT2D eigenvalue weighted by Crippen LogP contribution is -2.65. The second-order valence-corrected chi connectivity index (χ2v) is 24.3. The summed E-state index contributed by atoms with van der Waals surface area (Å²) >= 11 is 0. The van der Waals surface area contributed by atoms with Crippen LogP contribution in [0.15, 0.2) is 36.5 Å². The van der Waals surface area contributed by atoms with Crippen molar-refractivity contribution in [2.75, 3.05) is 19.8 Å². The highest BCUT2D eigenvalue weighted by molar-refractivity contribution is 5.76. The Kier molecular flexibility index (Phi) is 49.7. The maximum atomic E-state index is 13.3. The van der Waals surface area contributed by atoms with Crippen molar-refractivity contribution >= 4 is 5.91 Å². The van der Waals surface area contributed by atoms with Crippen LogP contribution in [0.3, 0.4) is 0 Å². The van der Waals surface area contributed by atoms with Gasteiger partial charge in [0.25, 0.3) is 0 Å². The van der Waals surface area contributed by atoms with Crippen molar-refractivity contribution in [1.82, 2.24) is 5.32 Å². The molecule has 12 atom stereocenters. The molecule has 2 rings (SSSR count). The lowest BCUT2D eigenvalue weighted by molar-refractivity contribution is -0.359. The predicted octanol–water partition coefficient (Wildman–Crippen LogP) is 13.3. The number of rotatable bonds is 56. The molecule has 0 radical (unpaired) electrons. The van der Waals surface area contributed by atoms with E-state index in [1.807, 2.05) is 6.08 Å². The van der Waals surface area contributed by atoms with E-state index in [4.69, 9.17) is 18.9 Å². The number of ether oxygens (including phenoxy) is 4. The zero-order chi connectivity index (χ0) is 59.5. The molecule has 1 amide bonds. The third-order valence-electron chi connectivity index (χ3n) is 16.8. The Morgan fingerprint density at radius 2 is 0.780 bits per heavy atom. The SMILES string of the molecule is CCCCCCCCCCCCCCCCCC/C=C/CC/C=C/CC/C=C/C(O)C(COC1OC(CO)C(OC2OC(CO)C(O)C(O)C2O)C(O)C1O)NC(=O)CCCCCCCCCCCCCCCCCCCCCCCC. The molecule has 482 valence electrons. The van der Waals surface area contributed by atoms with Crippen LogP contribution in [0.4, 0.5) is 0 Å². The third kappa shape index (κ3) is 37.7. The molecule has 2 heterocycles. The van der Waals surface area contributed by atoms with E-state index in [0.29, 0.717) is 12.8 Å². The minimum Gasteiger partial charge on any atom is -0.394 e. The largest absolute Gasteiger partial charge is 0.394 e. The van der Waals surface area contributed by atoms with Crippen molar-refractivity contribution in [2.24, 2.45) is 0 Å². The highest BCUT2D eigenvalue weighted by Gasteiger charge is 2.51. The fraction of sp³-hybridized carbons (Fsp3) is 0.897. The first-order valence-corrected chi connectivity index (χ1v) is 34.2. The normalized spacial score (nSPS) is 24.1. The van der Waals surface area contributed by atoms with Gasteiger partial charge >= 0.3 is 0 Å². The highest BCUT2D eigenvalue weighted by atomic mass is 16.7. The molecule has 0 saturated carbocycles. The van der Waals surface area contributed by atoms with Crippen LogP contribution in [0.25, 0.3) is 0 Å². The van der Waals surface area contributed by atoms with Gasteiger partial charge in [0, 0.05) is 6.42 Å². The summed E-state index contributed by atoms with van der Waals surface area (Å²) in [6.07, 6.45) is 50.6. The van der Waals surface area contributed by atoms with E-state index >= 15 is 0 Å². The number of aliphatic hydroxyl groups excluding tert-OH is 8. The van der Waals surface area contributed by atoms with E-state index < -0.39 is 86.8 Å². The molecule has 9 N–H and O–H groups in total. The summed E-state index contributed by atoms with van der Waals surface area (Å²) in [6, 6.07) is -0.936. The van der Waals surface area contributed by atoms with E-state index in [-0.39, 0.29) is 18.9 Å². The average molecular weight is 1170 g/mol. The molecule has 0 aromatic carbocycles. The molecular weight excluding hydrogens is 1040 g/mol. The van der Waals surface area contributed by atoms with Crippen LogP contribution in [-0.4, -0.2) is 140 Å². The molecule has 14 nitrogen and oxygen atoms in total. The summed E-state index contributed by atoms with van der Waals surface area (Å²) in [5.41, 5.74) is 0. The van der Waals surface area contributed by atoms with Gasteiger partial charge < -0.3 is 65.1 Å². The number of allylic oxidation sites excluding steroid dienone is 5. The molecule has 2 fully saturated rings. The lowest BCUT2D eigenvalue weighted by atomic mass is 9.97. The van der Waals surface area contributed by atoms with Crippen LogP contribution in [0.2, 0.25) is 0 Å². The van der Waals surface area contributed by atoms with Crippen LogP contribution in [0.1, 0.15) is 296 Å². The van der Waals surface area contributed by atoms with Crippen LogP contribution in [0, 0.1) is 0 Å². The molecule has 0 spiro atoms. The van der Waals surface area contributed by atoms with Crippen LogP contribution in [-0.2, 0) is 23.7 Å². The van der Waals surface area contributed by atoms with E-state index in [2.05, 4.69) is 43.5 Å². The summed E-state index contributed by atoms with van der Waals surface area (Å²) < 4.78 is 22.8. The van der Waals surface area contributed by atoms with Crippen molar-refractivity contribution in [2.45, 2.75) is 370 Å². The van der Waals surface area contributed by atoms with Crippen molar-refractivity contribution in [3.8, 4) is 0 Å². The zero-order valence-electron chi connectivity index (χ0n) is 52.2. The standard InChI is InChI=1S/C68H127NO13/c1-3-5-7-9-11-13-15-17-19-21-23-25-27-28-29-30-31-33-35-37-39-41-43-45-47-49-51-57(72)56(55-79-67-65(78)63(76)66(59(54-71)81-67)82-68-64(77)62(75)61(74)58(53-70)80-68)69-60(73)52-50-48-46-44-42-40-38-36-34-32-26-24-22-20-18-16-14-12-10-8-6-4-2/h33,35,41,43,49,51,56-59,61-68,70-72,74-78H,3-32,34,36-40,42,44-48,50,52-55H2,1-2H3,(H,69,73)/b35-33+,43-41+,51-49+. The van der Waals surface area contributed by atoms with Gasteiger partial charge in [-0.15, -0.1) is 0 Å². The van der Waals surface area contributed by atoms with Crippen molar-refractivity contribution in [3.63, 3.8) is 0 Å². The lowest BCUT2D eigenvalue weighted by Gasteiger charge is -2.46. The topological polar surface area (TPSA) is 228 Å². The number of carbonyl (C=O) groups is 1. The van der Waals surface area contributed by atoms with Gasteiger partial charge in [-0.3, -0.25) is 4.79 Å². The van der Waals surface area contributed by atoms with Crippen LogP contribution >= 0.6 is 0 Å². The van der Waals surface area contributed by atoms with Gasteiger partial charge in [-0.05, 0) is 44.9 Å². The van der Waals surface area contributed by atoms with Gasteiger partial charge in [0.1, 0.15) is 48.8 Å². The number of hydrogen-bond acceptors (Lipinski definition) is 13. The molecule has 0 aliphatic carbocycles. The molecule has 12 unspecified atom stereocenters. The number of hydrogen-bond donors (Lipinski definition) is 9. The number of carbonyl (C=O) groups excluding carboxylic acids is 1. The third-order valence-corrected chi connectivity index (χ3v) is 16.8. The molecular formula is C68H127NO13. The van der Waals surface area contributed by atoms with Crippen LogP contribution in [0.5, 0.6) is 0 Å². The monoisotopic (exact) mass is 1170 g/mol. The van der Waals surface area contributed by atoms with Crippen molar-refractivity contribution in [3.05, 3.63) is 36.5 Å². The summed E-state index contributed by atoms with van der Waals surface area (Å²) in [5, 5.41) is 87.3.